The Labute approximate surface area is 127 Å². The molecular weight excluding hydrogens is 288 g/mol. The minimum Gasteiger partial charge on any atom is -0.481 e. The number of carbonyl (C=O) groups is 1. The van der Waals surface area contributed by atoms with Crippen molar-refractivity contribution in [1.29, 1.82) is 0 Å². The molecule has 0 saturated heterocycles. The summed E-state index contributed by atoms with van der Waals surface area (Å²) in [5, 5.41) is 8.90. The third kappa shape index (κ3) is 4.94. The lowest BCUT2D eigenvalue weighted by Gasteiger charge is -2.06. The Bertz CT molecular complexity index is 555. The van der Waals surface area contributed by atoms with Crippen molar-refractivity contribution < 1.29 is 9.90 Å². The first kappa shape index (κ1) is 15.0. The molecule has 2 nitrogen and oxygen atoms in total. The van der Waals surface area contributed by atoms with Crippen LogP contribution in [-0.2, 0) is 17.6 Å². The molecule has 20 heavy (non-hydrogen) atoms. The lowest BCUT2D eigenvalue weighted by molar-refractivity contribution is -0.136. The van der Waals surface area contributed by atoms with Crippen molar-refractivity contribution in [3.05, 3.63) is 65.7 Å². The third-order valence-electron chi connectivity index (χ3n) is 2.78. The molecule has 2 aromatic carbocycles. The summed E-state index contributed by atoms with van der Waals surface area (Å²) in [7, 11) is 3.43. The maximum atomic E-state index is 10.8. The molecule has 2 aromatic rings. The van der Waals surface area contributed by atoms with E-state index in [9.17, 15) is 4.79 Å². The SMILES string of the molecule is O=C(O)Cc1ccccc1SSCCc1ccccc1. The molecule has 0 aliphatic carbocycles. The summed E-state index contributed by atoms with van der Waals surface area (Å²) in [6.45, 7) is 0. The number of hydrogen-bond acceptors (Lipinski definition) is 3. The van der Waals surface area contributed by atoms with Gasteiger partial charge in [0.15, 0.2) is 0 Å². The molecule has 1 N–H and O–H groups in total. The van der Waals surface area contributed by atoms with E-state index in [1.807, 2.05) is 30.3 Å². The molecular formula is C16H16O2S2. The van der Waals surface area contributed by atoms with Crippen molar-refractivity contribution in [2.45, 2.75) is 17.7 Å². The van der Waals surface area contributed by atoms with E-state index in [-0.39, 0.29) is 6.42 Å². The largest absolute Gasteiger partial charge is 0.481 e. The van der Waals surface area contributed by atoms with Gasteiger partial charge in [-0.15, -0.1) is 0 Å². The molecule has 104 valence electrons. The fraction of sp³-hybridized carbons (Fsp3) is 0.188. The Morgan fingerprint density at radius 3 is 2.45 bits per heavy atom. The Morgan fingerprint density at radius 2 is 1.70 bits per heavy atom. The summed E-state index contributed by atoms with van der Waals surface area (Å²) in [5.74, 6) is 0.225. The van der Waals surface area contributed by atoms with Gasteiger partial charge in [-0.05, 0) is 23.6 Å². The van der Waals surface area contributed by atoms with E-state index < -0.39 is 5.97 Å². The molecule has 4 heteroatoms. The second-order valence-corrected chi connectivity index (χ2v) is 6.78. The molecule has 0 amide bonds. The molecule has 0 atom stereocenters. The number of aliphatic carboxylic acids is 1. The van der Waals surface area contributed by atoms with E-state index in [2.05, 4.69) is 24.3 Å². The van der Waals surface area contributed by atoms with Crippen LogP contribution in [0.15, 0.2) is 59.5 Å². The fourth-order valence-corrected chi connectivity index (χ4v) is 4.08. The van der Waals surface area contributed by atoms with Crippen LogP contribution in [0, 0.1) is 0 Å². The average molecular weight is 304 g/mol. The average Bonchev–Trinajstić information content (AvgIpc) is 2.46. The summed E-state index contributed by atoms with van der Waals surface area (Å²) >= 11 is 0. The number of hydrogen-bond donors (Lipinski definition) is 1. The van der Waals surface area contributed by atoms with Gasteiger partial charge in [-0.25, -0.2) is 0 Å². The van der Waals surface area contributed by atoms with Crippen LogP contribution in [0.2, 0.25) is 0 Å². The van der Waals surface area contributed by atoms with Crippen molar-refractivity contribution >= 4 is 27.6 Å². The maximum absolute atomic E-state index is 10.8. The quantitative estimate of drug-likeness (QED) is 0.611. The Balaban J connectivity index is 1.83. The topological polar surface area (TPSA) is 37.3 Å². The van der Waals surface area contributed by atoms with Crippen LogP contribution in [0.25, 0.3) is 0 Å². The minimum absolute atomic E-state index is 0.0857. The smallest absolute Gasteiger partial charge is 0.307 e. The highest BCUT2D eigenvalue weighted by atomic mass is 33.1. The van der Waals surface area contributed by atoms with Crippen molar-refractivity contribution in [3.8, 4) is 0 Å². The molecule has 0 fully saturated rings. The molecule has 0 unspecified atom stereocenters. The van der Waals surface area contributed by atoms with Crippen LogP contribution in [0.4, 0.5) is 0 Å². The highest BCUT2D eigenvalue weighted by Gasteiger charge is 2.06. The van der Waals surface area contributed by atoms with Crippen LogP contribution >= 0.6 is 21.6 Å². The zero-order chi connectivity index (χ0) is 14.2. The molecule has 0 bridgehead atoms. The first-order valence-corrected chi connectivity index (χ1v) is 8.70. The molecule has 0 heterocycles. The fourth-order valence-electron chi connectivity index (χ4n) is 1.80. The van der Waals surface area contributed by atoms with Gasteiger partial charge in [0.25, 0.3) is 0 Å². The van der Waals surface area contributed by atoms with E-state index in [4.69, 9.17) is 5.11 Å². The monoisotopic (exact) mass is 304 g/mol. The van der Waals surface area contributed by atoms with E-state index in [1.54, 1.807) is 21.6 Å². The van der Waals surface area contributed by atoms with Gasteiger partial charge < -0.3 is 5.11 Å². The van der Waals surface area contributed by atoms with Crippen LogP contribution in [0.1, 0.15) is 11.1 Å². The number of carboxylic acid groups (broad SMARTS) is 1. The molecule has 0 radical (unpaired) electrons. The number of carboxylic acids is 1. The normalized spacial score (nSPS) is 10.4. The molecule has 0 aliphatic rings. The van der Waals surface area contributed by atoms with Gasteiger partial charge in [0, 0.05) is 10.6 Å². The number of benzene rings is 2. The van der Waals surface area contributed by atoms with E-state index in [0.29, 0.717) is 0 Å². The van der Waals surface area contributed by atoms with E-state index >= 15 is 0 Å². The lowest BCUT2D eigenvalue weighted by atomic mass is 10.1. The number of rotatable bonds is 7. The highest BCUT2D eigenvalue weighted by molar-refractivity contribution is 8.76. The second kappa shape index (κ2) is 8.02. The van der Waals surface area contributed by atoms with Crippen molar-refractivity contribution in [3.63, 3.8) is 0 Å². The lowest BCUT2D eigenvalue weighted by Crippen LogP contribution is -2.00. The van der Waals surface area contributed by atoms with Gasteiger partial charge in [-0.3, -0.25) is 4.79 Å². The zero-order valence-electron chi connectivity index (χ0n) is 11.0. The van der Waals surface area contributed by atoms with Gasteiger partial charge >= 0.3 is 5.97 Å². The van der Waals surface area contributed by atoms with Crippen molar-refractivity contribution in [2.24, 2.45) is 0 Å². The predicted molar refractivity (Wildman–Crippen MR) is 86.2 cm³/mol. The maximum Gasteiger partial charge on any atom is 0.307 e. The second-order valence-electron chi connectivity index (χ2n) is 4.32. The standard InChI is InChI=1S/C16H16O2S2/c17-16(18)12-14-8-4-5-9-15(14)20-19-11-10-13-6-2-1-3-7-13/h1-9H,10-12H2,(H,17,18). The molecule has 0 aliphatic heterocycles. The Morgan fingerprint density at radius 1 is 1.00 bits per heavy atom. The highest BCUT2D eigenvalue weighted by Crippen LogP contribution is 2.34. The minimum atomic E-state index is -0.785. The molecule has 0 saturated carbocycles. The first-order chi connectivity index (χ1) is 9.75. The van der Waals surface area contributed by atoms with Gasteiger partial charge in [0.05, 0.1) is 6.42 Å². The summed E-state index contributed by atoms with van der Waals surface area (Å²) in [6, 6.07) is 18.1. The molecule has 2 rings (SSSR count). The van der Waals surface area contributed by atoms with Gasteiger partial charge in [0.1, 0.15) is 0 Å². The Hall–Kier alpha value is -1.39. The van der Waals surface area contributed by atoms with Gasteiger partial charge in [-0.2, -0.15) is 0 Å². The van der Waals surface area contributed by atoms with Crippen LogP contribution in [0.3, 0.4) is 0 Å². The first-order valence-electron chi connectivity index (χ1n) is 6.39. The Kier molecular flexibility index (Phi) is 6.02. The van der Waals surface area contributed by atoms with Crippen LogP contribution in [-0.4, -0.2) is 16.8 Å². The molecule has 0 aromatic heterocycles. The molecule has 0 spiro atoms. The van der Waals surface area contributed by atoms with Crippen molar-refractivity contribution in [1.82, 2.24) is 0 Å². The summed E-state index contributed by atoms with van der Waals surface area (Å²) < 4.78 is 0. The zero-order valence-corrected chi connectivity index (χ0v) is 12.6. The van der Waals surface area contributed by atoms with Crippen molar-refractivity contribution in [2.75, 3.05) is 5.75 Å². The van der Waals surface area contributed by atoms with Gasteiger partial charge in [-0.1, -0.05) is 70.1 Å². The van der Waals surface area contributed by atoms with E-state index in [1.165, 1.54) is 5.56 Å². The summed E-state index contributed by atoms with van der Waals surface area (Å²) in [6.07, 6.45) is 1.11. The van der Waals surface area contributed by atoms with Gasteiger partial charge in [0.2, 0.25) is 0 Å². The third-order valence-corrected chi connectivity index (χ3v) is 5.24. The summed E-state index contributed by atoms with van der Waals surface area (Å²) in [4.78, 5) is 11.9. The van der Waals surface area contributed by atoms with E-state index in [0.717, 1.165) is 22.6 Å². The predicted octanol–water partition coefficient (Wildman–Crippen LogP) is 4.30. The number of aryl methyl sites for hydroxylation is 1. The van der Waals surface area contributed by atoms with Crippen LogP contribution < -0.4 is 0 Å². The summed E-state index contributed by atoms with van der Waals surface area (Å²) in [5.41, 5.74) is 2.22. The van der Waals surface area contributed by atoms with Crippen LogP contribution in [0.5, 0.6) is 0 Å².